The Morgan fingerprint density at radius 3 is 2.70 bits per heavy atom. The van der Waals surface area contributed by atoms with Gasteiger partial charge in [0.25, 0.3) is 11.5 Å². The Kier molecular flexibility index (Phi) is 4.50. The molecule has 1 aliphatic heterocycles. The predicted octanol–water partition coefficient (Wildman–Crippen LogP) is 2.55. The van der Waals surface area contributed by atoms with Crippen LogP contribution < -0.4 is 5.56 Å². The summed E-state index contributed by atoms with van der Waals surface area (Å²) in [4.78, 5) is 28.9. The number of carbonyl (C=O) groups excluding carboxylic acids is 1. The number of carbonyl (C=O) groups is 1. The lowest BCUT2D eigenvalue weighted by molar-refractivity contribution is -0.0228. The van der Waals surface area contributed by atoms with Crippen molar-refractivity contribution in [1.82, 2.24) is 9.88 Å². The zero-order chi connectivity index (χ0) is 16.4. The molecule has 6 heteroatoms. The number of rotatable bonds is 2. The standard InChI is InChI=1S/C17H17ClN2O3/c1-11-2-7-14(16(21)19-11)17(22)20-8-9-23-15(10-20)12-3-5-13(18)6-4-12/h2-7,15H,8-10H2,1H3,(H,19,21)/t15-/m1/s1. The van der Waals surface area contributed by atoms with E-state index < -0.39 is 0 Å². The minimum Gasteiger partial charge on any atom is -0.370 e. The first-order valence-electron chi connectivity index (χ1n) is 7.41. The van der Waals surface area contributed by atoms with Gasteiger partial charge in [0.1, 0.15) is 11.7 Å². The first kappa shape index (κ1) is 15.8. The van der Waals surface area contributed by atoms with Crippen LogP contribution in [0.4, 0.5) is 0 Å². The highest BCUT2D eigenvalue weighted by Gasteiger charge is 2.27. The van der Waals surface area contributed by atoms with Crippen LogP contribution >= 0.6 is 11.6 Å². The van der Waals surface area contributed by atoms with E-state index in [2.05, 4.69) is 4.98 Å². The van der Waals surface area contributed by atoms with Crippen molar-refractivity contribution in [2.45, 2.75) is 13.0 Å². The van der Waals surface area contributed by atoms with Crippen LogP contribution in [0.5, 0.6) is 0 Å². The highest BCUT2D eigenvalue weighted by Crippen LogP contribution is 2.24. The average molecular weight is 333 g/mol. The summed E-state index contributed by atoms with van der Waals surface area (Å²) in [5, 5.41) is 0.656. The summed E-state index contributed by atoms with van der Waals surface area (Å²) in [5.41, 5.74) is 1.49. The molecule has 120 valence electrons. The predicted molar refractivity (Wildman–Crippen MR) is 87.8 cm³/mol. The van der Waals surface area contributed by atoms with Crippen LogP contribution in [-0.2, 0) is 4.74 Å². The number of ether oxygens (including phenoxy) is 1. The van der Waals surface area contributed by atoms with Gasteiger partial charge in [0.05, 0.1) is 13.2 Å². The summed E-state index contributed by atoms with van der Waals surface area (Å²) in [5.74, 6) is -0.270. The van der Waals surface area contributed by atoms with Crippen molar-refractivity contribution in [3.63, 3.8) is 0 Å². The van der Waals surface area contributed by atoms with Gasteiger partial charge < -0.3 is 14.6 Å². The number of aromatic amines is 1. The Hall–Kier alpha value is -2.11. The van der Waals surface area contributed by atoms with Gasteiger partial charge in [-0.3, -0.25) is 9.59 Å². The fourth-order valence-corrected chi connectivity index (χ4v) is 2.75. The van der Waals surface area contributed by atoms with Crippen molar-refractivity contribution < 1.29 is 9.53 Å². The summed E-state index contributed by atoms with van der Waals surface area (Å²) in [7, 11) is 0. The van der Waals surface area contributed by atoms with Gasteiger partial charge in [-0.2, -0.15) is 0 Å². The van der Waals surface area contributed by atoms with E-state index in [-0.39, 0.29) is 23.1 Å². The smallest absolute Gasteiger partial charge is 0.260 e. The summed E-state index contributed by atoms with van der Waals surface area (Å²) < 4.78 is 5.75. The third-order valence-electron chi connectivity index (χ3n) is 3.88. The highest BCUT2D eigenvalue weighted by molar-refractivity contribution is 6.30. The normalized spacial score (nSPS) is 18.0. The second kappa shape index (κ2) is 6.56. The molecule has 0 unspecified atom stereocenters. The number of aryl methyl sites for hydroxylation is 1. The van der Waals surface area contributed by atoms with Gasteiger partial charge in [0, 0.05) is 17.3 Å². The lowest BCUT2D eigenvalue weighted by Gasteiger charge is -2.33. The van der Waals surface area contributed by atoms with E-state index in [1.807, 2.05) is 12.1 Å². The van der Waals surface area contributed by atoms with Gasteiger partial charge in [-0.15, -0.1) is 0 Å². The number of nitrogens with one attached hydrogen (secondary N) is 1. The fraction of sp³-hybridized carbons (Fsp3) is 0.294. The second-order valence-electron chi connectivity index (χ2n) is 5.55. The minimum absolute atomic E-state index is 0.160. The van der Waals surface area contributed by atoms with E-state index in [0.29, 0.717) is 24.7 Å². The van der Waals surface area contributed by atoms with E-state index in [0.717, 1.165) is 11.3 Å². The molecule has 1 aromatic heterocycles. The number of pyridine rings is 1. The maximum absolute atomic E-state index is 12.6. The average Bonchev–Trinajstić information content (AvgIpc) is 2.55. The Bertz CT molecular complexity index is 770. The quantitative estimate of drug-likeness (QED) is 0.919. The third-order valence-corrected chi connectivity index (χ3v) is 4.13. The van der Waals surface area contributed by atoms with Crippen molar-refractivity contribution in [1.29, 1.82) is 0 Å². The molecule has 3 rings (SSSR count). The molecule has 1 aliphatic rings. The van der Waals surface area contributed by atoms with Crippen LogP contribution in [0.15, 0.2) is 41.2 Å². The summed E-state index contributed by atoms with van der Waals surface area (Å²) in [6.45, 7) is 3.09. The molecular weight excluding hydrogens is 316 g/mol. The number of benzene rings is 1. The summed E-state index contributed by atoms with van der Waals surface area (Å²) in [6, 6.07) is 10.7. The van der Waals surface area contributed by atoms with Gasteiger partial charge >= 0.3 is 0 Å². The van der Waals surface area contributed by atoms with E-state index in [1.54, 1.807) is 36.1 Å². The first-order valence-corrected chi connectivity index (χ1v) is 7.78. The Labute approximate surface area is 138 Å². The molecule has 1 atom stereocenters. The molecule has 1 aromatic carbocycles. The van der Waals surface area contributed by atoms with Crippen LogP contribution in [0, 0.1) is 6.92 Å². The van der Waals surface area contributed by atoms with Crippen LogP contribution in [0.2, 0.25) is 5.02 Å². The lowest BCUT2D eigenvalue weighted by Crippen LogP contribution is -2.43. The van der Waals surface area contributed by atoms with E-state index in [9.17, 15) is 9.59 Å². The molecule has 0 bridgehead atoms. The number of aromatic nitrogens is 1. The number of hydrogen-bond acceptors (Lipinski definition) is 3. The molecule has 1 fully saturated rings. The van der Waals surface area contributed by atoms with Crippen molar-refractivity contribution in [2.75, 3.05) is 19.7 Å². The second-order valence-corrected chi connectivity index (χ2v) is 5.98. The van der Waals surface area contributed by atoms with Crippen LogP contribution in [0.3, 0.4) is 0 Å². The third kappa shape index (κ3) is 3.46. The molecular formula is C17H17ClN2O3. The molecule has 0 spiro atoms. The summed E-state index contributed by atoms with van der Waals surface area (Å²) >= 11 is 5.90. The van der Waals surface area contributed by atoms with Gasteiger partial charge in [0.15, 0.2) is 0 Å². The van der Waals surface area contributed by atoms with Gasteiger partial charge in [-0.05, 0) is 36.8 Å². The topological polar surface area (TPSA) is 62.4 Å². The van der Waals surface area contributed by atoms with E-state index in [1.165, 1.54) is 0 Å². The van der Waals surface area contributed by atoms with Crippen molar-refractivity contribution >= 4 is 17.5 Å². The maximum atomic E-state index is 12.6. The number of H-pyrrole nitrogens is 1. The summed E-state index contributed by atoms with van der Waals surface area (Å²) in [6.07, 6.45) is -0.213. The molecule has 0 aliphatic carbocycles. The van der Waals surface area contributed by atoms with E-state index >= 15 is 0 Å². The molecule has 1 amide bonds. The maximum Gasteiger partial charge on any atom is 0.260 e. The molecule has 2 heterocycles. The monoisotopic (exact) mass is 332 g/mol. The number of morpholine rings is 1. The zero-order valence-electron chi connectivity index (χ0n) is 12.7. The van der Waals surface area contributed by atoms with Gasteiger partial charge in [-0.1, -0.05) is 23.7 Å². The van der Waals surface area contributed by atoms with Crippen LogP contribution in [-0.4, -0.2) is 35.5 Å². The molecule has 5 nitrogen and oxygen atoms in total. The molecule has 2 aromatic rings. The molecule has 0 saturated carbocycles. The molecule has 1 saturated heterocycles. The Morgan fingerprint density at radius 2 is 2.00 bits per heavy atom. The van der Waals surface area contributed by atoms with Gasteiger partial charge in [-0.25, -0.2) is 0 Å². The number of amides is 1. The number of hydrogen-bond donors (Lipinski definition) is 1. The number of halogens is 1. The largest absolute Gasteiger partial charge is 0.370 e. The Morgan fingerprint density at radius 1 is 1.26 bits per heavy atom. The van der Waals surface area contributed by atoms with Crippen molar-refractivity contribution in [3.8, 4) is 0 Å². The SMILES string of the molecule is Cc1ccc(C(=O)N2CCO[C@@H](c3ccc(Cl)cc3)C2)c(=O)[nH]1. The molecule has 23 heavy (non-hydrogen) atoms. The zero-order valence-corrected chi connectivity index (χ0v) is 13.5. The lowest BCUT2D eigenvalue weighted by atomic mass is 10.1. The van der Waals surface area contributed by atoms with Crippen molar-refractivity contribution in [2.24, 2.45) is 0 Å². The molecule has 0 radical (unpaired) electrons. The van der Waals surface area contributed by atoms with Crippen LogP contribution in [0.25, 0.3) is 0 Å². The highest BCUT2D eigenvalue weighted by atomic mass is 35.5. The van der Waals surface area contributed by atoms with E-state index in [4.69, 9.17) is 16.3 Å². The van der Waals surface area contributed by atoms with Gasteiger partial charge in [0.2, 0.25) is 0 Å². The van der Waals surface area contributed by atoms with Crippen LogP contribution in [0.1, 0.15) is 27.7 Å². The fourth-order valence-electron chi connectivity index (χ4n) is 2.62. The number of nitrogens with zero attached hydrogens (tertiary/aromatic N) is 1. The first-order chi connectivity index (χ1) is 11.0. The van der Waals surface area contributed by atoms with Crippen molar-refractivity contribution in [3.05, 3.63) is 68.6 Å². The minimum atomic E-state index is -0.357. The molecule has 1 N–H and O–H groups in total. The Balaban J connectivity index is 1.79.